The third-order valence-electron chi connectivity index (χ3n) is 3.70. The molecule has 0 N–H and O–H groups in total. The number of nitrogens with zero attached hydrogens (tertiary/aromatic N) is 2. The molecule has 1 aliphatic rings. The summed E-state index contributed by atoms with van der Waals surface area (Å²) in [6, 6.07) is 1.39. The molecular weight excluding hydrogens is 288 g/mol. The number of carbonyl (C=O) groups excluding carboxylic acids is 1. The van der Waals surface area contributed by atoms with Crippen LogP contribution in [0.25, 0.3) is 0 Å². The summed E-state index contributed by atoms with van der Waals surface area (Å²) < 4.78 is 0. The molecule has 114 valence electrons. The van der Waals surface area contributed by atoms with Crippen molar-refractivity contribution in [1.82, 2.24) is 0 Å². The molecule has 6 heteroatoms. The molecule has 2 heterocycles. The Balaban J connectivity index is 2.30. The van der Waals surface area contributed by atoms with Gasteiger partial charge in [-0.3, -0.25) is 14.9 Å². The van der Waals surface area contributed by atoms with Gasteiger partial charge in [-0.1, -0.05) is 32.4 Å². The van der Waals surface area contributed by atoms with Gasteiger partial charge >= 0.3 is 5.69 Å². The fourth-order valence-electron chi connectivity index (χ4n) is 2.44. The molecular formula is C15H20N2O3S. The van der Waals surface area contributed by atoms with Crippen molar-refractivity contribution in [3.05, 3.63) is 32.7 Å². The molecule has 0 saturated heterocycles. The Morgan fingerprint density at radius 2 is 2.10 bits per heavy atom. The zero-order valence-corrected chi connectivity index (χ0v) is 13.6. The molecule has 0 radical (unpaired) electrons. The van der Waals surface area contributed by atoms with Gasteiger partial charge in [0.25, 0.3) is 0 Å². The lowest BCUT2D eigenvalue weighted by atomic mass is 9.83. The van der Waals surface area contributed by atoms with Crippen molar-refractivity contribution in [2.75, 3.05) is 18.0 Å². The first-order chi connectivity index (χ1) is 9.70. The second-order valence-corrected chi connectivity index (χ2v) is 7.32. The summed E-state index contributed by atoms with van der Waals surface area (Å²) in [4.78, 5) is 24.7. The normalized spacial score (nSPS) is 15.8. The van der Waals surface area contributed by atoms with Crippen molar-refractivity contribution in [3.8, 4) is 0 Å². The number of thiophene rings is 1. The number of hydrogen-bond acceptors (Lipinski definition) is 5. The maximum atomic E-state index is 11.5. The highest BCUT2D eigenvalue weighted by atomic mass is 32.1. The van der Waals surface area contributed by atoms with Crippen molar-refractivity contribution in [3.63, 3.8) is 0 Å². The lowest BCUT2D eigenvalue weighted by Crippen LogP contribution is -2.31. The SMILES string of the molecule is CC(=O)c1cc([N+](=O)[O-])c(N2CC=C(C(C)(C)C)CC2)s1. The molecule has 1 aromatic rings. The fraction of sp³-hybridized carbons (Fsp3) is 0.533. The first-order valence-electron chi connectivity index (χ1n) is 6.94. The van der Waals surface area contributed by atoms with E-state index in [1.165, 1.54) is 29.9 Å². The maximum Gasteiger partial charge on any atom is 0.304 e. The van der Waals surface area contributed by atoms with E-state index in [2.05, 4.69) is 26.8 Å². The number of carbonyl (C=O) groups is 1. The lowest BCUT2D eigenvalue weighted by Gasteiger charge is -2.32. The molecule has 0 atom stereocenters. The van der Waals surface area contributed by atoms with Gasteiger partial charge in [-0.05, 0) is 18.8 Å². The summed E-state index contributed by atoms with van der Waals surface area (Å²) in [7, 11) is 0. The Morgan fingerprint density at radius 1 is 1.43 bits per heavy atom. The number of anilines is 1. The van der Waals surface area contributed by atoms with Crippen molar-refractivity contribution < 1.29 is 9.72 Å². The average Bonchev–Trinajstić information content (AvgIpc) is 2.83. The number of rotatable bonds is 3. The van der Waals surface area contributed by atoms with Gasteiger partial charge in [0.15, 0.2) is 10.8 Å². The second-order valence-electron chi connectivity index (χ2n) is 6.29. The summed E-state index contributed by atoms with van der Waals surface area (Å²) >= 11 is 1.22. The minimum Gasteiger partial charge on any atom is -0.354 e. The van der Waals surface area contributed by atoms with Crippen LogP contribution in [0.3, 0.4) is 0 Å². The Bertz CT molecular complexity index is 611. The number of nitro groups is 1. The topological polar surface area (TPSA) is 63.4 Å². The molecule has 21 heavy (non-hydrogen) atoms. The van der Waals surface area contributed by atoms with Gasteiger partial charge < -0.3 is 4.90 Å². The highest BCUT2D eigenvalue weighted by Crippen LogP contribution is 2.40. The lowest BCUT2D eigenvalue weighted by molar-refractivity contribution is -0.383. The van der Waals surface area contributed by atoms with E-state index in [1.54, 1.807) is 0 Å². The van der Waals surface area contributed by atoms with Gasteiger partial charge in [0, 0.05) is 19.2 Å². The molecule has 5 nitrogen and oxygen atoms in total. The predicted octanol–water partition coefficient (Wildman–Crippen LogP) is 4.04. The molecule has 0 saturated carbocycles. The highest BCUT2D eigenvalue weighted by molar-refractivity contribution is 7.18. The highest BCUT2D eigenvalue weighted by Gasteiger charge is 2.28. The maximum absolute atomic E-state index is 11.5. The third-order valence-corrected chi connectivity index (χ3v) is 4.98. The molecule has 0 bridgehead atoms. The van der Waals surface area contributed by atoms with E-state index in [4.69, 9.17) is 0 Å². The molecule has 0 unspecified atom stereocenters. The van der Waals surface area contributed by atoms with Gasteiger partial charge in [0.2, 0.25) is 0 Å². The van der Waals surface area contributed by atoms with Crippen LogP contribution in [0.4, 0.5) is 10.7 Å². The summed E-state index contributed by atoms with van der Waals surface area (Å²) in [5, 5.41) is 11.8. The largest absolute Gasteiger partial charge is 0.354 e. The Labute approximate surface area is 128 Å². The molecule has 0 aliphatic carbocycles. The van der Waals surface area contributed by atoms with E-state index in [-0.39, 0.29) is 16.9 Å². The molecule has 0 amide bonds. The summed E-state index contributed by atoms with van der Waals surface area (Å²) in [5.74, 6) is -0.128. The summed E-state index contributed by atoms with van der Waals surface area (Å²) in [6.07, 6.45) is 3.05. The smallest absolute Gasteiger partial charge is 0.304 e. The van der Waals surface area contributed by atoms with Gasteiger partial charge in [-0.2, -0.15) is 0 Å². The van der Waals surface area contributed by atoms with Crippen molar-refractivity contribution >= 4 is 27.8 Å². The minimum absolute atomic E-state index is 0.0396. The molecule has 2 rings (SSSR count). The van der Waals surface area contributed by atoms with Crippen LogP contribution in [-0.2, 0) is 0 Å². The van der Waals surface area contributed by atoms with Crippen LogP contribution in [0.2, 0.25) is 0 Å². The van der Waals surface area contributed by atoms with E-state index in [0.29, 0.717) is 16.4 Å². The Hall–Kier alpha value is -1.69. The number of Topliss-reactive ketones (excluding diaryl/α,β-unsaturated/α-hetero) is 1. The molecule has 1 aromatic heterocycles. The fourth-order valence-corrected chi connectivity index (χ4v) is 3.49. The first kappa shape index (κ1) is 15.7. The summed E-state index contributed by atoms with van der Waals surface area (Å²) in [6.45, 7) is 9.38. The Morgan fingerprint density at radius 3 is 2.52 bits per heavy atom. The van der Waals surface area contributed by atoms with Crippen LogP contribution in [0.15, 0.2) is 17.7 Å². The summed E-state index contributed by atoms with van der Waals surface area (Å²) in [5.41, 5.74) is 1.56. The van der Waals surface area contributed by atoms with Crippen molar-refractivity contribution in [1.29, 1.82) is 0 Å². The van der Waals surface area contributed by atoms with E-state index >= 15 is 0 Å². The van der Waals surface area contributed by atoms with Crippen molar-refractivity contribution in [2.24, 2.45) is 5.41 Å². The first-order valence-corrected chi connectivity index (χ1v) is 7.75. The van der Waals surface area contributed by atoms with E-state index in [1.807, 2.05) is 4.90 Å². The van der Waals surface area contributed by atoms with Crippen LogP contribution < -0.4 is 4.90 Å². The van der Waals surface area contributed by atoms with Crippen LogP contribution in [0, 0.1) is 15.5 Å². The van der Waals surface area contributed by atoms with E-state index in [0.717, 1.165) is 13.0 Å². The Kier molecular flexibility index (Phi) is 4.18. The molecule has 0 aromatic carbocycles. The monoisotopic (exact) mass is 308 g/mol. The van der Waals surface area contributed by atoms with Gasteiger partial charge in [-0.25, -0.2) is 0 Å². The van der Waals surface area contributed by atoms with Gasteiger partial charge in [0.05, 0.1) is 9.80 Å². The zero-order chi connectivity index (χ0) is 15.8. The molecule has 0 fully saturated rings. The van der Waals surface area contributed by atoms with E-state index < -0.39 is 4.92 Å². The predicted molar refractivity (Wildman–Crippen MR) is 85.3 cm³/mol. The second kappa shape index (κ2) is 5.60. The zero-order valence-electron chi connectivity index (χ0n) is 12.8. The van der Waals surface area contributed by atoms with Crippen LogP contribution in [0.1, 0.15) is 43.8 Å². The van der Waals surface area contributed by atoms with Crippen LogP contribution >= 0.6 is 11.3 Å². The van der Waals surface area contributed by atoms with Crippen molar-refractivity contribution in [2.45, 2.75) is 34.1 Å². The van der Waals surface area contributed by atoms with Crippen LogP contribution in [0.5, 0.6) is 0 Å². The van der Waals surface area contributed by atoms with Crippen LogP contribution in [-0.4, -0.2) is 23.8 Å². The van der Waals surface area contributed by atoms with Gasteiger partial charge in [-0.15, -0.1) is 11.3 Å². The number of hydrogen-bond donors (Lipinski definition) is 0. The van der Waals surface area contributed by atoms with Gasteiger partial charge in [0.1, 0.15) is 0 Å². The standard InChI is InChI=1S/C15H20N2O3S/c1-10(18)13-9-12(17(19)20)14(21-13)16-7-5-11(6-8-16)15(2,3)4/h5,9H,6-8H2,1-4H3. The number of ketones is 1. The molecule has 1 aliphatic heterocycles. The molecule has 0 spiro atoms. The third kappa shape index (κ3) is 3.32. The average molecular weight is 308 g/mol. The quantitative estimate of drug-likeness (QED) is 0.366. The van der Waals surface area contributed by atoms with E-state index in [9.17, 15) is 14.9 Å². The minimum atomic E-state index is -0.402.